The van der Waals surface area contributed by atoms with Gasteiger partial charge in [-0.05, 0) is 19.1 Å². The molecule has 0 fully saturated rings. The third-order valence-corrected chi connectivity index (χ3v) is 4.70. The second-order valence-corrected chi connectivity index (χ2v) is 6.72. The Hall–Kier alpha value is -1.44. The number of nitrogens with zero attached hydrogens (tertiary/aromatic N) is 1. The molecule has 0 radical (unpaired) electrons. The van der Waals surface area contributed by atoms with Crippen LogP contribution in [0, 0.1) is 0 Å². The van der Waals surface area contributed by atoms with Crippen molar-refractivity contribution < 1.29 is 18.0 Å². The second-order valence-electron chi connectivity index (χ2n) is 4.22. The van der Waals surface area contributed by atoms with Crippen molar-refractivity contribution in [3.05, 3.63) is 34.3 Å². The lowest BCUT2D eigenvalue weighted by atomic mass is 10.1. The van der Waals surface area contributed by atoms with Crippen molar-refractivity contribution in [3.8, 4) is 0 Å². The van der Waals surface area contributed by atoms with Gasteiger partial charge < -0.3 is 0 Å². The Morgan fingerprint density at radius 3 is 2.55 bits per heavy atom. The van der Waals surface area contributed by atoms with Crippen LogP contribution in [0.4, 0.5) is 0 Å². The lowest BCUT2D eigenvalue weighted by Crippen LogP contribution is -2.38. The lowest BCUT2D eigenvalue weighted by molar-refractivity contribution is 0.0657. The highest BCUT2D eigenvalue weighted by atomic mass is 35.5. The van der Waals surface area contributed by atoms with Crippen molar-refractivity contribution in [1.29, 1.82) is 0 Å². The first kappa shape index (κ1) is 15.0. The minimum atomic E-state index is -3.35. The van der Waals surface area contributed by atoms with Crippen LogP contribution in [0.15, 0.2) is 18.2 Å². The van der Waals surface area contributed by atoms with Gasteiger partial charge in [0.1, 0.15) is 0 Å². The minimum absolute atomic E-state index is 0.0146. The lowest BCUT2D eigenvalue weighted by Gasteiger charge is -2.14. The van der Waals surface area contributed by atoms with Crippen LogP contribution >= 0.6 is 11.6 Å². The summed E-state index contributed by atoms with van der Waals surface area (Å²) in [5.41, 5.74) is 0.429. The topological polar surface area (TPSA) is 83.6 Å². The third-order valence-electron chi connectivity index (χ3n) is 2.99. The molecular formula is C12H13ClN2O4S. The maximum Gasteiger partial charge on any atom is 0.263 e. The van der Waals surface area contributed by atoms with E-state index in [1.165, 1.54) is 19.1 Å². The summed E-state index contributed by atoms with van der Waals surface area (Å²) in [5.74, 6) is -1.00. The summed E-state index contributed by atoms with van der Waals surface area (Å²) in [6.07, 6.45) is 0. The largest absolute Gasteiger partial charge is 0.273 e. The smallest absolute Gasteiger partial charge is 0.263 e. The maximum atomic E-state index is 12.1. The highest BCUT2D eigenvalue weighted by Crippen LogP contribution is 2.28. The van der Waals surface area contributed by atoms with E-state index < -0.39 is 21.8 Å². The van der Waals surface area contributed by atoms with E-state index in [4.69, 9.17) is 11.6 Å². The molecule has 0 unspecified atom stereocenters. The molecule has 1 heterocycles. The predicted octanol–water partition coefficient (Wildman–Crippen LogP) is 0.875. The average molecular weight is 317 g/mol. The van der Waals surface area contributed by atoms with Gasteiger partial charge in [0.05, 0.1) is 21.9 Å². The monoisotopic (exact) mass is 316 g/mol. The van der Waals surface area contributed by atoms with Crippen molar-refractivity contribution in [2.75, 3.05) is 18.8 Å². The van der Waals surface area contributed by atoms with E-state index in [1.54, 1.807) is 6.07 Å². The van der Waals surface area contributed by atoms with E-state index in [2.05, 4.69) is 4.72 Å². The molecule has 1 N–H and O–H groups in total. The molecule has 6 nitrogen and oxygen atoms in total. The maximum absolute atomic E-state index is 12.1. The summed E-state index contributed by atoms with van der Waals surface area (Å²) in [6, 6.07) is 4.65. The average Bonchev–Trinajstić information content (AvgIpc) is 2.65. The van der Waals surface area contributed by atoms with Gasteiger partial charge in [0.2, 0.25) is 10.0 Å². The predicted molar refractivity (Wildman–Crippen MR) is 74.3 cm³/mol. The molecule has 8 heteroatoms. The first-order chi connectivity index (χ1) is 9.37. The van der Waals surface area contributed by atoms with Crippen molar-refractivity contribution in [2.24, 2.45) is 0 Å². The number of benzene rings is 1. The zero-order chi connectivity index (χ0) is 14.9. The Labute approximate surface area is 121 Å². The van der Waals surface area contributed by atoms with Crippen LogP contribution in [0.1, 0.15) is 27.6 Å². The number of sulfonamides is 1. The molecule has 0 saturated carbocycles. The summed E-state index contributed by atoms with van der Waals surface area (Å²) in [7, 11) is -3.35. The molecule has 0 aromatic heterocycles. The van der Waals surface area contributed by atoms with Crippen molar-refractivity contribution in [3.63, 3.8) is 0 Å². The highest BCUT2D eigenvalue weighted by Gasteiger charge is 2.36. The SMILES string of the molecule is CCS(=O)(=O)NCCN1C(=O)c2cccc(Cl)c2C1=O. The first-order valence-electron chi connectivity index (χ1n) is 5.99. The van der Waals surface area contributed by atoms with Gasteiger partial charge in [0, 0.05) is 13.1 Å². The Morgan fingerprint density at radius 2 is 1.95 bits per heavy atom. The zero-order valence-electron chi connectivity index (χ0n) is 10.7. The molecule has 1 aromatic rings. The summed E-state index contributed by atoms with van der Waals surface area (Å²) < 4.78 is 24.9. The van der Waals surface area contributed by atoms with E-state index in [0.717, 1.165) is 4.90 Å². The third kappa shape index (κ3) is 2.70. The van der Waals surface area contributed by atoms with Crippen molar-refractivity contribution >= 4 is 33.4 Å². The molecule has 1 aliphatic heterocycles. The number of halogens is 1. The summed E-state index contributed by atoms with van der Waals surface area (Å²) >= 11 is 5.91. The molecular weight excluding hydrogens is 304 g/mol. The number of rotatable bonds is 5. The fourth-order valence-electron chi connectivity index (χ4n) is 1.91. The van der Waals surface area contributed by atoms with E-state index in [1.807, 2.05) is 0 Å². The fraction of sp³-hybridized carbons (Fsp3) is 0.333. The van der Waals surface area contributed by atoms with E-state index in [0.29, 0.717) is 0 Å². The Balaban J connectivity index is 2.12. The molecule has 108 valence electrons. The van der Waals surface area contributed by atoms with Crippen molar-refractivity contribution in [2.45, 2.75) is 6.92 Å². The van der Waals surface area contributed by atoms with Crippen LogP contribution in [0.5, 0.6) is 0 Å². The van der Waals surface area contributed by atoms with Crippen molar-refractivity contribution in [1.82, 2.24) is 9.62 Å². The molecule has 0 aliphatic carbocycles. The van der Waals surface area contributed by atoms with Crippen LogP contribution < -0.4 is 4.72 Å². The van der Waals surface area contributed by atoms with Crippen LogP contribution in [0.25, 0.3) is 0 Å². The Kier molecular flexibility index (Phi) is 4.12. The molecule has 2 rings (SSSR count). The number of nitrogens with one attached hydrogen (secondary N) is 1. The molecule has 1 aliphatic rings. The van der Waals surface area contributed by atoms with Gasteiger partial charge in [-0.2, -0.15) is 0 Å². The second kappa shape index (κ2) is 5.51. The Bertz CT molecular complexity index is 672. The molecule has 0 spiro atoms. The van der Waals surface area contributed by atoms with Gasteiger partial charge in [-0.25, -0.2) is 13.1 Å². The number of hydrogen-bond acceptors (Lipinski definition) is 4. The number of carbonyl (C=O) groups excluding carboxylic acids is 2. The first-order valence-corrected chi connectivity index (χ1v) is 8.02. The van der Waals surface area contributed by atoms with Gasteiger partial charge in [-0.15, -0.1) is 0 Å². The molecule has 20 heavy (non-hydrogen) atoms. The summed E-state index contributed by atoms with van der Waals surface area (Å²) in [5, 5.41) is 0.220. The summed E-state index contributed by atoms with van der Waals surface area (Å²) in [6.45, 7) is 1.46. The highest BCUT2D eigenvalue weighted by molar-refractivity contribution is 7.89. The number of amides is 2. The molecule has 1 aromatic carbocycles. The van der Waals surface area contributed by atoms with E-state index in [-0.39, 0.29) is 35.0 Å². The van der Waals surface area contributed by atoms with E-state index in [9.17, 15) is 18.0 Å². The van der Waals surface area contributed by atoms with Crippen LogP contribution in [0.3, 0.4) is 0 Å². The molecule has 2 amide bonds. The molecule has 0 bridgehead atoms. The van der Waals surface area contributed by atoms with Gasteiger partial charge in [0.25, 0.3) is 11.8 Å². The normalized spacial score (nSPS) is 14.8. The molecule has 0 atom stereocenters. The van der Waals surface area contributed by atoms with E-state index >= 15 is 0 Å². The molecule has 0 saturated heterocycles. The minimum Gasteiger partial charge on any atom is -0.273 e. The Morgan fingerprint density at radius 1 is 1.25 bits per heavy atom. The van der Waals surface area contributed by atoms with Gasteiger partial charge >= 0.3 is 0 Å². The standard InChI is InChI=1S/C12H13ClN2O4S/c1-2-20(18,19)14-6-7-15-11(16)8-4-3-5-9(13)10(8)12(15)17/h3-5,14H,2,6-7H2,1H3. The van der Waals surface area contributed by atoms with Crippen LogP contribution in [-0.4, -0.2) is 44.0 Å². The van der Waals surface area contributed by atoms with Gasteiger partial charge in [-0.3, -0.25) is 14.5 Å². The number of hydrogen-bond donors (Lipinski definition) is 1. The number of fused-ring (bicyclic) bond motifs is 1. The number of carbonyl (C=O) groups is 2. The number of imide groups is 1. The van der Waals surface area contributed by atoms with Gasteiger partial charge in [-0.1, -0.05) is 17.7 Å². The van der Waals surface area contributed by atoms with Crippen LogP contribution in [0.2, 0.25) is 5.02 Å². The van der Waals surface area contributed by atoms with Crippen LogP contribution in [-0.2, 0) is 10.0 Å². The summed E-state index contributed by atoms with van der Waals surface area (Å²) in [4.78, 5) is 25.1. The fourth-order valence-corrected chi connectivity index (χ4v) is 2.77. The van der Waals surface area contributed by atoms with Gasteiger partial charge in [0.15, 0.2) is 0 Å². The zero-order valence-corrected chi connectivity index (χ0v) is 12.3. The quantitative estimate of drug-likeness (QED) is 0.817.